The molecule has 0 aliphatic heterocycles. The van der Waals surface area contributed by atoms with Crippen LogP contribution in [-0.2, 0) is 18.8 Å². The molecule has 0 aliphatic rings. The Kier molecular flexibility index (Phi) is 5.38. The van der Waals surface area contributed by atoms with Crippen molar-refractivity contribution in [3.63, 3.8) is 0 Å². The molecule has 2 heterocycles. The van der Waals surface area contributed by atoms with Gasteiger partial charge in [0.2, 0.25) is 0 Å². The SMILES string of the molecule is NCCCCc1c(-c2cccnc2)[nH]c2cc(C(F)(F)F)cc(C(F)(F)F)c12. The number of nitrogens with two attached hydrogens (primary N) is 1. The van der Waals surface area contributed by atoms with Crippen molar-refractivity contribution in [1.29, 1.82) is 0 Å². The monoisotopic (exact) mass is 401 g/mol. The molecule has 3 nitrogen and oxygen atoms in total. The zero-order chi connectivity index (χ0) is 20.5. The van der Waals surface area contributed by atoms with Gasteiger partial charge in [-0.25, -0.2) is 0 Å². The molecule has 28 heavy (non-hydrogen) atoms. The average molecular weight is 401 g/mol. The van der Waals surface area contributed by atoms with Gasteiger partial charge in [0.25, 0.3) is 0 Å². The molecule has 3 N–H and O–H groups in total. The number of fused-ring (bicyclic) bond motifs is 1. The van der Waals surface area contributed by atoms with Crippen LogP contribution in [-0.4, -0.2) is 16.5 Å². The zero-order valence-corrected chi connectivity index (χ0v) is 14.6. The number of nitrogens with zero attached hydrogens (tertiary/aromatic N) is 1. The van der Waals surface area contributed by atoms with E-state index in [-0.39, 0.29) is 23.4 Å². The highest BCUT2D eigenvalue weighted by atomic mass is 19.4. The standard InChI is InChI=1S/C19H17F6N3/c20-18(21,22)12-8-14(19(23,24)25)16-13(5-1-2-6-26)17(28-15(16)9-12)11-4-3-7-27-10-11/h3-4,7-10,28H,1-2,5-6,26H2. The lowest BCUT2D eigenvalue weighted by Crippen LogP contribution is -2.11. The molecule has 0 unspecified atom stereocenters. The second-order valence-corrected chi connectivity index (χ2v) is 6.41. The summed E-state index contributed by atoms with van der Waals surface area (Å²) in [6.45, 7) is 0.370. The molecule has 0 amide bonds. The summed E-state index contributed by atoms with van der Waals surface area (Å²) in [7, 11) is 0. The number of benzene rings is 1. The second-order valence-electron chi connectivity index (χ2n) is 6.41. The van der Waals surface area contributed by atoms with Crippen molar-refractivity contribution >= 4 is 10.9 Å². The number of aryl methyl sites for hydroxylation is 1. The van der Waals surface area contributed by atoms with Crippen molar-refractivity contribution < 1.29 is 26.3 Å². The predicted octanol–water partition coefficient (Wildman–Crippen LogP) is 5.55. The highest BCUT2D eigenvalue weighted by Gasteiger charge is 2.39. The van der Waals surface area contributed by atoms with Crippen LogP contribution >= 0.6 is 0 Å². The first-order valence-electron chi connectivity index (χ1n) is 8.56. The predicted molar refractivity (Wildman–Crippen MR) is 93.5 cm³/mol. The molecule has 9 heteroatoms. The van der Waals surface area contributed by atoms with Gasteiger partial charge in [0.1, 0.15) is 0 Å². The third-order valence-electron chi connectivity index (χ3n) is 4.47. The van der Waals surface area contributed by atoms with Crippen molar-refractivity contribution in [2.75, 3.05) is 6.54 Å². The molecule has 0 atom stereocenters. The molecule has 2 aromatic heterocycles. The summed E-state index contributed by atoms with van der Waals surface area (Å²) in [6.07, 6.45) is -5.53. The molecule has 1 aromatic carbocycles. The van der Waals surface area contributed by atoms with E-state index in [1.165, 1.54) is 12.4 Å². The van der Waals surface area contributed by atoms with E-state index in [1.807, 2.05) is 0 Å². The van der Waals surface area contributed by atoms with E-state index >= 15 is 0 Å². The average Bonchev–Trinajstić information content (AvgIpc) is 2.99. The molecule has 0 fully saturated rings. The van der Waals surface area contributed by atoms with Gasteiger partial charge in [0.05, 0.1) is 16.8 Å². The van der Waals surface area contributed by atoms with Crippen LogP contribution in [0.2, 0.25) is 0 Å². The summed E-state index contributed by atoms with van der Waals surface area (Å²) in [6, 6.07) is 4.14. The number of nitrogens with one attached hydrogen (secondary N) is 1. The van der Waals surface area contributed by atoms with Crippen molar-refractivity contribution in [2.45, 2.75) is 31.6 Å². The summed E-state index contributed by atoms with van der Waals surface area (Å²) in [4.78, 5) is 6.72. The molecular formula is C19H17F6N3. The summed E-state index contributed by atoms with van der Waals surface area (Å²) in [5.74, 6) is 0. The number of halogens is 6. The Morgan fingerprint density at radius 3 is 2.32 bits per heavy atom. The van der Waals surface area contributed by atoms with Crippen molar-refractivity contribution in [2.24, 2.45) is 5.73 Å². The summed E-state index contributed by atoms with van der Waals surface area (Å²) in [5.41, 5.74) is 3.78. The van der Waals surface area contributed by atoms with Crippen molar-refractivity contribution in [3.8, 4) is 11.3 Å². The van der Waals surface area contributed by atoms with Gasteiger partial charge in [-0.05, 0) is 55.6 Å². The number of H-pyrrole nitrogens is 1. The Morgan fingerprint density at radius 1 is 1.00 bits per heavy atom. The fourth-order valence-electron chi connectivity index (χ4n) is 3.24. The van der Waals surface area contributed by atoms with Crippen LogP contribution in [0.5, 0.6) is 0 Å². The highest BCUT2D eigenvalue weighted by Crippen LogP contribution is 2.43. The first-order valence-corrected chi connectivity index (χ1v) is 8.56. The van der Waals surface area contributed by atoms with E-state index in [0.29, 0.717) is 36.2 Å². The quantitative estimate of drug-likeness (QED) is 0.435. The van der Waals surface area contributed by atoms with E-state index < -0.39 is 23.5 Å². The highest BCUT2D eigenvalue weighted by molar-refractivity contribution is 5.94. The maximum atomic E-state index is 13.7. The van der Waals surface area contributed by atoms with Crippen LogP contribution in [0, 0.1) is 0 Å². The number of unbranched alkanes of at least 4 members (excludes halogenated alkanes) is 1. The smallest absolute Gasteiger partial charge is 0.354 e. The fraction of sp³-hybridized carbons (Fsp3) is 0.316. The number of alkyl halides is 6. The molecule has 0 spiro atoms. The Hall–Kier alpha value is -2.55. The van der Waals surface area contributed by atoms with Gasteiger partial charge in [-0.3, -0.25) is 4.98 Å². The number of aromatic nitrogens is 2. The van der Waals surface area contributed by atoms with E-state index in [2.05, 4.69) is 9.97 Å². The molecule has 0 aliphatic carbocycles. The van der Waals surface area contributed by atoms with E-state index in [9.17, 15) is 26.3 Å². The topological polar surface area (TPSA) is 54.7 Å². The second kappa shape index (κ2) is 7.46. The first-order chi connectivity index (χ1) is 13.1. The lowest BCUT2D eigenvalue weighted by molar-refractivity contribution is -0.142. The van der Waals surface area contributed by atoms with E-state index in [4.69, 9.17) is 5.73 Å². The number of aromatic amines is 1. The normalized spacial score (nSPS) is 12.7. The third-order valence-corrected chi connectivity index (χ3v) is 4.47. The van der Waals surface area contributed by atoms with Crippen LogP contribution in [0.3, 0.4) is 0 Å². The molecule has 0 saturated heterocycles. The number of rotatable bonds is 5. The minimum atomic E-state index is -4.93. The minimum absolute atomic E-state index is 0.176. The van der Waals surface area contributed by atoms with Crippen LogP contribution < -0.4 is 5.73 Å². The van der Waals surface area contributed by atoms with Gasteiger partial charge in [-0.1, -0.05) is 0 Å². The lowest BCUT2D eigenvalue weighted by atomic mass is 9.96. The van der Waals surface area contributed by atoms with E-state index in [1.54, 1.807) is 12.1 Å². The van der Waals surface area contributed by atoms with Gasteiger partial charge in [-0.15, -0.1) is 0 Å². The molecule has 0 radical (unpaired) electrons. The van der Waals surface area contributed by atoms with Crippen LogP contribution in [0.1, 0.15) is 29.5 Å². The van der Waals surface area contributed by atoms with Gasteiger partial charge < -0.3 is 10.7 Å². The summed E-state index contributed by atoms with van der Waals surface area (Å²) in [5, 5.41) is -0.239. The Bertz CT molecular complexity index is 958. The zero-order valence-electron chi connectivity index (χ0n) is 14.6. The Labute approximate surface area is 156 Å². The van der Waals surface area contributed by atoms with Crippen molar-refractivity contribution in [3.05, 3.63) is 53.3 Å². The number of pyridine rings is 1. The van der Waals surface area contributed by atoms with E-state index in [0.717, 1.165) is 6.07 Å². The van der Waals surface area contributed by atoms with Gasteiger partial charge in [0.15, 0.2) is 0 Å². The van der Waals surface area contributed by atoms with Crippen LogP contribution in [0.25, 0.3) is 22.2 Å². The van der Waals surface area contributed by atoms with Crippen LogP contribution in [0.15, 0.2) is 36.7 Å². The molecule has 3 aromatic rings. The first kappa shape index (κ1) is 20.2. The molecule has 150 valence electrons. The summed E-state index contributed by atoms with van der Waals surface area (Å²) < 4.78 is 80.4. The summed E-state index contributed by atoms with van der Waals surface area (Å²) >= 11 is 0. The molecule has 0 bridgehead atoms. The Balaban J connectivity index is 2.33. The largest absolute Gasteiger partial charge is 0.417 e. The van der Waals surface area contributed by atoms with Gasteiger partial charge >= 0.3 is 12.4 Å². The maximum Gasteiger partial charge on any atom is 0.417 e. The maximum absolute atomic E-state index is 13.7. The fourth-order valence-corrected chi connectivity index (χ4v) is 3.24. The number of hydrogen-bond acceptors (Lipinski definition) is 2. The van der Waals surface area contributed by atoms with Gasteiger partial charge in [0, 0.05) is 28.9 Å². The van der Waals surface area contributed by atoms with Crippen LogP contribution in [0.4, 0.5) is 26.3 Å². The molecular weight excluding hydrogens is 384 g/mol. The lowest BCUT2D eigenvalue weighted by Gasteiger charge is -2.14. The third kappa shape index (κ3) is 3.99. The minimum Gasteiger partial charge on any atom is -0.354 e. The Morgan fingerprint density at radius 2 is 1.75 bits per heavy atom. The number of hydrogen-bond donors (Lipinski definition) is 2. The molecule has 3 rings (SSSR count). The van der Waals surface area contributed by atoms with Crippen molar-refractivity contribution in [1.82, 2.24) is 9.97 Å². The molecule has 0 saturated carbocycles. The van der Waals surface area contributed by atoms with Gasteiger partial charge in [-0.2, -0.15) is 26.3 Å².